The number of aryl methyl sites for hydroxylation is 3. The van der Waals surface area contributed by atoms with E-state index in [2.05, 4.69) is 70.2 Å². The van der Waals surface area contributed by atoms with Gasteiger partial charge in [0.05, 0.1) is 11.0 Å². The molecule has 1 fully saturated rings. The molecule has 1 N–H and O–H groups in total. The van der Waals surface area contributed by atoms with Crippen molar-refractivity contribution in [3.8, 4) is 0 Å². The molecular weight excluding hydrogens is 408 g/mol. The van der Waals surface area contributed by atoms with Crippen LogP contribution in [0.5, 0.6) is 0 Å². The number of fused-ring (bicyclic) bond motifs is 1. The average Bonchev–Trinajstić information content (AvgIpc) is 3.23. The van der Waals surface area contributed by atoms with Crippen molar-refractivity contribution in [2.75, 3.05) is 23.3 Å². The highest BCUT2D eigenvalue weighted by atomic mass is 16.1. The Hall–Kier alpha value is -3.60. The van der Waals surface area contributed by atoms with Gasteiger partial charge in [0.1, 0.15) is 0 Å². The highest BCUT2D eigenvalue weighted by Crippen LogP contribution is 2.28. The summed E-state index contributed by atoms with van der Waals surface area (Å²) in [6.07, 6.45) is 2.63. The Morgan fingerprint density at radius 3 is 2.39 bits per heavy atom. The molecule has 0 unspecified atom stereocenters. The number of piperidine rings is 1. The fraction of sp³-hybridized carbons (Fsp3) is 0.286. The van der Waals surface area contributed by atoms with E-state index in [9.17, 15) is 4.79 Å². The summed E-state index contributed by atoms with van der Waals surface area (Å²) in [4.78, 5) is 20.1. The van der Waals surface area contributed by atoms with E-state index in [1.807, 2.05) is 30.3 Å². The summed E-state index contributed by atoms with van der Waals surface area (Å²) in [6.45, 7) is 4.60. The first kappa shape index (κ1) is 21.3. The van der Waals surface area contributed by atoms with Crippen LogP contribution in [0.3, 0.4) is 0 Å². The Morgan fingerprint density at radius 1 is 0.939 bits per heavy atom. The summed E-state index contributed by atoms with van der Waals surface area (Å²) in [5.41, 5.74) is 5.59. The van der Waals surface area contributed by atoms with E-state index in [0.29, 0.717) is 0 Å². The number of imidazole rings is 1. The number of aromatic nitrogens is 2. The number of amides is 1. The lowest BCUT2D eigenvalue weighted by atomic mass is 9.96. The number of para-hydroxylation sites is 2. The fourth-order valence-electron chi connectivity index (χ4n) is 4.63. The van der Waals surface area contributed by atoms with Crippen LogP contribution in [0.25, 0.3) is 11.0 Å². The fourth-order valence-corrected chi connectivity index (χ4v) is 4.63. The predicted molar refractivity (Wildman–Crippen MR) is 135 cm³/mol. The first-order valence-electron chi connectivity index (χ1n) is 11.8. The highest BCUT2D eigenvalue weighted by molar-refractivity contribution is 5.92. The Bertz CT molecular complexity index is 1220. The number of hydrogen-bond acceptors (Lipinski definition) is 3. The van der Waals surface area contributed by atoms with Crippen LogP contribution in [0.4, 0.5) is 11.6 Å². The average molecular weight is 439 g/mol. The molecule has 0 bridgehead atoms. The summed E-state index contributed by atoms with van der Waals surface area (Å²) in [5, 5.41) is 3.09. The van der Waals surface area contributed by atoms with E-state index in [4.69, 9.17) is 4.98 Å². The minimum atomic E-state index is 0.0321. The van der Waals surface area contributed by atoms with Gasteiger partial charge in [-0.25, -0.2) is 4.98 Å². The summed E-state index contributed by atoms with van der Waals surface area (Å²) in [5.74, 6) is 1.17. The quantitative estimate of drug-likeness (QED) is 0.436. The van der Waals surface area contributed by atoms with E-state index in [0.717, 1.165) is 56.0 Å². The van der Waals surface area contributed by atoms with Gasteiger partial charge < -0.3 is 14.8 Å². The molecule has 4 aromatic rings. The zero-order valence-electron chi connectivity index (χ0n) is 19.1. The van der Waals surface area contributed by atoms with E-state index >= 15 is 0 Å². The van der Waals surface area contributed by atoms with Gasteiger partial charge >= 0.3 is 0 Å². The number of benzene rings is 3. The molecule has 33 heavy (non-hydrogen) atoms. The van der Waals surface area contributed by atoms with Crippen LogP contribution >= 0.6 is 0 Å². The Balaban J connectivity index is 1.28. The molecule has 5 heteroatoms. The topological polar surface area (TPSA) is 50.2 Å². The lowest BCUT2D eigenvalue weighted by Gasteiger charge is -2.32. The molecule has 0 aliphatic carbocycles. The number of nitrogens with zero attached hydrogens (tertiary/aromatic N) is 3. The standard InChI is InChI=1S/C28H30N4O/c1-21-11-13-24(14-12-21)29-27(33)23-16-18-31(19-17-23)28-30-25-9-5-6-10-26(25)32(28)20-15-22-7-3-2-4-8-22/h2-14,23H,15-20H2,1H3,(H,29,33). The van der Waals surface area contributed by atoms with Gasteiger partial charge in [-0.05, 0) is 56.0 Å². The van der Waals surface area contributed by atoms with Crippen molar-refractivity contribution in [2.45, 2.75) is 32.7 Å². The Kier molecular flexibility index (Phi) is 6.11. The molecule has 3 aromatic carbocycles. The Morgan fingerprint density at radius 2 is 1.64 bits per heavy atom. The van der Waals surface area contributed by atoms with E-state index in [-0.39, 0.29) is 11.8 Å². The first-order chi connectivity index (χ1) is 16.2. The molecule has 1 saturated heterocycles. The lowest BCUT2D eigenvalue weighted by Crippen LogP contribution is -2.39. The van der Waals surface area contributed by atoms with Crippen LogP contribution in [-0.2, 0) is 17.8 Å². The molecule has 168 valence electrons. The van der Waals surface area contributed by atoms with Crippen molar-refractivity contribution in [3.63, 3.8) is 0 Å². The Labute approximate surface area is 195 Å². The maximum Gasteiger partial charge on any atom is 0.227 e. The smallest absolute Gasteiger partial charge is 0.227 e. The molecule has 5 nitrogen and oxygen atoms in total. The maximum atomic E-state index is 12.8. The third-order valence-corrected chi connectivity index (χ3v) is 6.57. The molecule has 1 aromatic heterocycles. The molecular formula is C28H30N4O. The van der Waals surface area contributed by atoms with E-state index in [1.165, 1.54) is 16.6 Å². The number of carbonyl (C=O) groups excluding carboxylic acids is 1. The van der Waals surface area contributed by atoms with E-state index in [1.54, 1.807) is 0 Å². The zero-order chi connectivity index (χ0) is 22.6. The second-order valence-corrected chi connectivity index (χ2v) is 8.90. The van der Waals surface area contributed by atoms with Crippen molar-refractivity contribution in [1.29, 1.82) is 0 Å². The minimum Gasteiger partial charge on any atom is -0.342 e. The number of carbonyl (C=O) groups is 1. The third-order valence-electron chi connectivity index (χ3n) is 6.57. The third kappa shape index (κ3) is 4.77. The van der Waals surface area contributed by atoms with Crippen LogP contribution in [0, 0.1) is 12.8 Å². The lowest BCUT2D eigenvalue weighted by molar-refractivity contribution is -0.120. The van der Waals surface area contributed by atoms with Crippen LogP contribution in [-0.4, -0.2) is 28.5 Å². The van der Waals surface area contributed by atoms with Crippen molar-refractivity contribution in [3.05, 3.63) is 90.0 Å². The molecule has 0 spiro atoms. The number of hydrogen-bond donors (Lipinski definition) is 1. The van der Waals surface area contributed by atoms with Crippen molar-refractivity contribution in [2.24, 2.45) is 5.92 Å². The van der Waals surface area contributed by atoms with Gasteiger partial charge in [0, 0.05) is 31.2 Å². The molecule has 1 amide bonds. The molecule has 1 aliphatic heterocycles. The predicted octanol–water partition coefficient (Wildman–Crippen LogP) is 5.44. The number of nitrogens with one attached hydrogen (secondary N) is 1. The van der Waals surface area contributed by atoms with Gasteiger partial charge in [-0.2, -0.15) is 0 Å². The van der Waals surface area contributed by atoms with Crippen LogP contribution in [0.1, 0.15) is 24.0 Å². The SMILES string of the molecule is Cc1ccc(NC(=O)C2CCN(c3nc4ccccc4n3CCc3ccccc3)CC2)cc1. The molecule has 5 rings (SSSR count). The molecule has 1 aliphatic rings. The maximum absolute atomic E-state index is 12.8. The molecule has 0 atom stereocenters. The van der Waals surface area contributed by atoms with Gasteiger partial charge in [-0.3, -0.25) is 4.79 Å². The number of rotatable bonds is 6. The van der Waals surface area contributed by atoms with Crippen LogP contribution in [0.15, 0.2) is 78.9 Å². The highest BCUT2D eigenvalue weighted by Gasteiger charge is 2.27. The summed E-state index contributed by atoms with van der Waals surface area (Å²) in [7, 11) is 0. The summed E-state index contributed by atoms with van der Waals surface area (Å²) in [6, 6.07) is 26.9. The number of anilines is 2. The summed E-state index contributed by atoms with van der Waals surface area (Å²) >= 11 is 0. The molecule has 2 heterocycles. The second-order valence-electron chi connectivity index (χ2n) is 8.90. The van der Waals surface area contributed by atoms with Gasteiger partial charge in [-0.15, -0.1) is 0 Å². The monoisotopic (exact) mass is 438 g/mol. The van der Waals surface area contributed by atoms with Crippen LogP contribution < -0.4 is 10.2 Å². The first-order valence-corrected chi connectivity index (χ1v) is 11.8. The van der Waals surface area contributed by atoms with Crippen molar-refractivity contribution < 1.29 is 4.79 Å². The normalized spacial score (nSPS) is 14.5. The largest absolute Gasteiger partial charge is 0.342 e. The van der Waals surface area contributed by atoms with Gasteiger partial charge in [-0.1, -0.05) is 60.2 Å². The molecule has 0 radical (unpaired) electrons. The van der Waals surface area contributed by atoms with Gasteiger partial charge in [0.2, 0.25) is 11.9 Å². The zero-order valence-corrected chi connectivity index (χ0v) is 19.1. The minimum absolute atomic E-state index is 0.0321. The molecule has 0 saturated carbocycles. The summed E-state index contributed by atoms with van der Waals surface area (Å²) < 4.78 is 2.34. The van der Waals surface area contributed by atoms with Crippen molar-refractivity contribution >= 4 is 28.6 Å². The van der Waals surface area contributed by atoms with E-state index < -0.39 is 0 Å². The van der Waals surface area contributed by atoms with Crippen molar-refractivity contribution in [1.82, 2.24) is 9.55 Å². The second kappa shape index (κ2) is 9.49. The van der Waals surface area contributed by atoms with Gasteiger partial charge in [0.25, 0.3) is 0 Å². The van der Waals surface area contributed by atoms with Crippen LogP contribution in [0.2, 0.25) is 0 Å². The van der Waals surface area contributed by atoms with Gasteiger partial charge in [0.15, 0.2) is 0 Å².